The van der Waals surface area contributed by atoms with Crippen LogP contribution in [0, 0.1) is 11.3 Å². The van der Waals surface area contributed by atoms with Crippen LogP contribution in [0.3, 0.4) is 0 Å². The third-order valence-electron chi connectivity index (χ3n) is 2.56. The Morgan fingerprint density at radius 2 is 2.25 bits per heavy atom. The van der Waals surface area contributed by atoms with Crippen LogP contribution < -0.4 is 5.73 Å². The zero-order chi connectivity index (χ0) is 14.5. The summed E-state index contributed by atoms with van der Waals surface area (Å²) in [5, 5.41) is 8.90. The highest BCUT2D eigenvalue weighted by molar-refractivity contribution is 6.36. The molecule has 0 spiro atoms. The minimum absolute atomic E-state index is 0.0289. The van der Waals surface area contributed by atoms with Gasteiger partial charge in [0, 0.05) is 6.20 Å². The number of nitrogens with zero attached hydrogens (tertiary/aromatic N) is 2. The summed E-state index contributed by atoms with van der Waals surface area (Å²) in [6.45, 7) is 0.0289. The number of nitrogens with two attached hydrogens (primary N) is 1. The first kappa shape index (κ1) is 13.8. The Morgan fingerprint density at radius 3 is 3.00 bits per heavy atom. The van der Waals surface area contributed by atoms with Crippen LogP contribution in [0.1, 0.15) is 21.6 Å². The molecule has 1 aromatic heterocycles. The predicted octanol–water partition coefficient (Wildman–Crippen LogP) is 2.55. The number of aromatic nitrogens is 1. The van der Waals surface area contributed by atoms with E-state index in [1.54, 1.807) is 24.3 Å². The van der Waals surface area contributed by atoms with Gasteiger partial charge in [-0.3, -0.25) is 0 Å². The van der Waals surface area contributed by atoms with Crippen LogP contribution in [-0.4, -0.2) is 11.0 Å². The number of esters is 1. The molecule has 0 aliphatic heterocycles. The average molecular weight is 288 g/mol. The molecule has 0 radical (unpaired) electrons. The summed E-state index contributed by atoms with van der Waals surface area (Å²) < 4.78 is 5.13. The molecule has 20 heavy (non-hydrogen) atoms. The number of carbonyl (C=O) groups is 1. The highest BCUT2D eigenvalue weighted by Gasteiger charge is 2.13. The van der Waals surface area contributed by atoms with E-state index in [4.69, 9.17) is 27.3 Å². The Bertz CT molecular complexity index is 695. The Kier molecular flexibility index (Phi) is 4.18. The molecule has 2 N–H and O–H groups in total. The largest absolute Gasteiger partial charge is 0.457 e. The molecule has 0 saturated heterocycles. The maximum atomic E-state index is 11.9. The van der Waals surface area contributed by atoms with Crippen molar-refractivity contribution in [2.24, 2.45) is 0 Å². The second-order valence-corrected chi connectivity index (χ2v) is 4.32. The quantitative estimate of drug-likeness (QED) is 0.692. The number of hydrogen-bond acceptors (Lipinski definition) is 5. The molecule has 1 aromatic carbocycles. The van der Waals surface area contributed by atoms with Gasteiger partial charge in [0.2, 0.25) is 0 Å². The summed E-state index contributed by atoms with van der Waals surface area (Å²) in [7, 11) is 0. The van der Waals surface area contributed by atoms with E-state index in [2.05, 4.69) is 4.98 Å². The van der Waals surface area contributed by atoms with E-state index >= 15 is 0 Å². The normalized spacial score (nSPS) is 9.80. The minimum Gasteiger partial charge on any atom is -0.457 e. The van der Waals surface area contributed by atoms with Gasteiger partial charge in [0.05, 0.1) is 16.3 Å². The number of rotatable bonds is 3. The monoisotopic (exact) mass is 287 g/mol. The summed E-state index contributed by atoms with van der Waals surface area (Å²) in [4.78, 5) is 15.7. The summed E-state index contributed by atoms with van der Waals surface area (Å²) in [6.07, 6.45) is 1.48. The fraction of sp³-hybridized carbons (Fsp3) is 0.0714. The molecule has 0 fully saturated rings. The van der Waals surface area contributed by atoms with E-state index in [-0.39, 0.29) is 22.9 Å². The van der Waals surface area contributed by atoms with Gasteiger partial charge in [-0.1, -0.05) is 17.7 Å². The van der Waals surface area contributed by atoms with Crippen molar-refractivity contribution >= 4 is 23.3 Å². The molecular weight excluding hydrogens is 278 g/mol. The lowest BCUT2D eigenvalue weighted by molar-refractivity contribution is 0.0473. The molecule has 5 nitrogen and oxygen atoms in total. The van der Waals surface area contributed by atoms with Crippen molar-refractivity contribution in [3.8, 4) is 6.07 Å². The van der Waals surface area contributed by atoms with Crippen molar-refractivity contribution in [3.05, 3.63) is 58.4 Å². The van der Waals surface area contributed by atoms with Gasteiger partial charge in [0.25, 0.3) is 0 Å². The average Bonchev–Trinajstić information content (AvgIpc) is 2.48. The summed E-state index contributed by atoms with van der Waals surface area (Å²) in [5.74, 6) is -0.572. The van der Waals surface area contributed by atoms with Gasteiger partial charge in [-0.05, 0) is 29.8 Å². The van der Waals surface area contributed by atoms with Crippen molar-refractivity contribution in [2.75, 3.05) is 5.73 Å². The molecule has 1 heterocycles. The molecule has 100 valence electrons. The van der Waals surface area contributed by atoms with Gasteiger partial charge in [0.1, 0.15) is 18.4 Å². The van der Waals surface area contributed by atoms with Crippen LogP contribution in [0.25, 0.3) is 0 Å². The topological polar surface area (TPSA) is 89.0 Å². The molecule has 0 bridgehead atoms. The first-order valence-electron chi connectivity index (χ1n) is 5.68. The molecule has 0 aliphatic carbocycles. The zero-order valence-electron chi connectivity index (χ0n) is 10.3. The lowest BCUT2D eigenvalue weighted by atomic mass is 10.2. The van der Waals surface area contributed by atoms with Crippen molar-refractivity contribution in [1.29, 1.82) is 5.26 Å². The van der Waals surface area contributed by atoms with E-state index in [9.17, 15) is 4.79 Å². The second kappa shape index (κ2) is 6.04. The van der Waals surface area contributed by atoms with Crippen LogP contribution in [-0.2, 0) is 11.3 Å². The maximum Gasteiger partial charge on any atom is 0.340 e. The number of halogens is 1. The molecule has 2 aromatic rings. The fourth-order valence-corrected chi connectivity index (χ4v) is 1.76. The van der Waals surface area contributed by atoms with Gasteiger partial charge in [0.15, 0.2) is 0 Å². The Labute approximate surface area is 120 Å². The number of carbonyl (C=O) groups excluding carboxylic acids is 1. The summed E-state index contributed by atoms with van der Waals surface area (Å²) >= 11 is 5.94. The van der Waals surface area contributed by atoms with Gasteiger partial charge in [-0.25, -0.2) is 9.78 Å². The van der Waals surface area contributed by atoms with Crippen molar-refractivity contribution in [2.45, 2.75) is 6.61 Å². The Hall–Kier alpha value is -2.58. The standard InChI is InChI=1S/C14H10ClN3O2/c15-13-11(2-1-3-12(13)17)14(19)20-8-9-4-5-18-10(6-9)7-16/h1-6H,8,17H2. The number of hydrogen-bond donors (Lipinski definition) is 1. The fourth-order valence-electron chi connectivity index (χ4n) is 1.56. The number of pyridine rings is 1. The molecule has 6 heteroatoms. The minimum atomic E-state index is -0.572. The van der Waals surface area contributed by atoms with Crippen molar-refractivity contribution < 1.29 is 9.53 Å². The number of nitrogen functional groups attached to an aromatic ring is 1. The number of ether oxygens (including phenoxy) is 1. The molecule has 0 saturated carbocycles. The third-order valence-corrected chi connectivity index (χ3v) is 2.98. The van der Waals surface area contributed by atoms with Crippen molar-refractivity contribution in [3.63, 3.8) is 0 Å². The molecule has 2 rings (SSSR count). The highest BCUT2D eigenvalue weighted by atomic mass is 35.5. The maximum absolute atomic E-state index is 11.9. The van der Waals surface area contributed by atoms with Crippen LogP contribution >= 0.6 is 11.6 Å². The Balaban J connectivity index is 2.09. The van der Waals surface area contributed by atoms with E-state index in [1.165, 1.54) is 12.3 Å². The summed E-state index contributed by atoms with van der Waals surface area (Å²) in [6, 6.07) is 9.88. The highest BCUT2D eigenvalue weighted by Crippen LogP contribution is 2.23. The Morgan fingerprint density at radius 1 is 1.45 bits per heavy atom. The first-order valence-corrected chi connectivity index (χ1v) is 6.05. The molecule has 0 amide bonds. The number of benzene rings is 1. The van der Waals surface area contributed by atoms with E-state index < -0.39 is 5.97 Å². The van der Waals surface area contributed by atoms with Gasteiger partial charge < -0.3 is 10.5 Å². The van der Waals surface area contributed by atoms with Crippen molar-refractivity contribution in [1.82, 2.24) is 4.98 Å². The molecular formula is C14H10ClN3O2. The molecule has 0 unspecified atom stereocenters. The summed E-state index contributed by atoms with van der Waals surface area (Å²) in [5.41, 5.74) is 7.08. The smallest absolute Gasteiger partial charge is 0.340 e. The molecule has 0 atom stereocenters. The number of anilines is 1. The second-order valence-electron chi connectivity index (χ2n) is 3.95. The van der Waals surface area contributed by atoms with Crippen LogP contribution in [0.4, 0.5) is 5.69 Å². The lowest BCUT2D eigenvalue weighted by Crippen LogP contribution is -2.07. The van der Waals surface area contributed by atoms with Gasteiger partial charge in [-0.2, -0.15) is 5.26 Å². The zero-order valence-corrected chi connectivity index (χ0v) is 11.1. The van der Waals surface area contributed by atoms with Gasteiger partial charge in [-0.15, -0.1) is 0 Å². The van der Waals surface area contributed by atoms with E-state index in [0.29, 0.717) is 11.3 Å². The van der Waals surface area contributed by atoms with E-state index in [1.807, 2.05) is 6.07 Å². The van der Waals surface area contributed by atoms with Crippen LogP contribution in [0.5, 0.6) is 0 Å². The first-order chi connectivity index (χ1) is 9.61. The third kappa shape index (κ3) is 3.05. The number of nitriles is 1. The van der Waals surface area contributed by atoms with E-state index in [0.717, 1.165) is 0 Å². The van der Waals surface area contributed by atoms with Gasteiger partial charge >= 0.3 is 5.97 Å². The SMILES string of the molecule is N#Cc1cc(COC(=O)c2cccc(N)c2Cl)ccn1. The van der Waals surface area contributed by atoms with Crippen LogP contribution in [0.15, 0.2) is 36.5 Å². The molecule has 0 aliphatic rings. The van der Waals surface area contributed by atoms with Crippen LogP contribution in [0.2, 0.25) is 5.02 Å². The predicted molar refractivity (Wildman–Crippen MR) is 73.9 cm³/mol. The lowest BCUT2D eigenvalue weighted by Gasteiger charge is -2.07.